The van der Waals surface area contributed by atoms with Crippen LogP contribution in [-0.2, 0) is 9.53 Å². The SMILES string of the molecule is CC(C)/C=C1\CC(NC(=O)OC(C)(C)C)C=CC1=O. The third kappa shape index (κ3) is 5.73. The van der Waals surface area contributed by atoms with Gasteiger partial charge in [-0.3, -0.25) is 4.79 Å². The largest absolute Gasteiger partial charge is 0.444 e. The van der Waals surface area contributed by atoms with E-state index in [1.807, 2.05) is 40.7 Å². The molecule has 0 spiro atoms. The molecule has 1 aliphatic carbocycles. The fraction of sp³-hybridized carbons (Fsp3) is 0.600. The van der Waals surface area contributed by atoms with Gasteiger partial charge in [-0.15, -0.1) is 0 Å². The van der Waals surface area contributed by atoms with Gasteiger partial charge in [-0.05, 0) is 44.8 Å². The molecule has 106 valence electrons. The Bertz CT molecular complexity index is 414. The predicted molar refractivity (Wildman–Crippen MR) is 74.8 cm³/mol. The number of ketones is 1. The Morgan fingerprint density at radius 3 is 2.63 bits per heavy atom. The Morgan fingerprint density at radius 2 is 2.11 bits per heavy atom. The summed E-state index contributed by atoms with van der Waals surface area (Å²) >= 11 is 0. The van der Waals surface area contributed by atoms with Crippen molar-refractivity contribution in [1.29, 1.82) is 0 Å². The van der Waals surface area contributed by atoms with E-state index in [-0.39, 0.29) is 11.8 Å². The highest BCUT2D eigenvalue weighted by atomic mass is 16.6. The first-order valence-corrected chi connectivity index (χ1v) is 6.60. The minimum atomic E-state index is -0.519. The van der Waals surface area contributed by atoms with Gasteiger partial charge in [-0.25, -0.2) is 4.79 Å². The maximum Gasteiger partial charge on any atom is 0.408 e. The van der Waals surface area contributed by atoms with Gasteiger partial charge < -0.3 is 10.1 Å². The molecule has 0 saturated carbocycles. The first-order chi connectivity index (χ1) is 8.67. The van der Waals surface area contributed by atoms with E-state index in [2.05, 4.69) is 5.32 Å². The Hall–Kier alpha value is -1.58. The molecule has 1 rings (SSSR count). The maximum absolute atomic E-state index is 11.7. The normalized spacial score (nSPS) is 21.9. The number of alkyl carbamates (subject to hydrolysis) is 1. The van der Waals surface area contributed by atoms with Crippen LogP contribution in [-0.4, -0.2) is 23.5 Å². The fourth-order valence-electron chi connectivity index (χ4n) is 1.83. The van der Waals surface area contributed by atoms with E-state index >= 15 is 0 Å². The van der Waals surface area contributed by atoms with Crippen LogP contribution < -0.4 is 5.32 Å². The standard InChI is InChI=1S/C15H23NO3/c1-10(2)8-11-9-12(6-7-13(11)17)16-14(18)19-15(3,4)5/h6-8,10,12H,9H2,1-5H3,(H,16,18)/b11-8+. The summed E-state index contributed by atoms with van der Waals surface area (Å²) in [5.74, 6) is 0.337. The zero-order valence-corrected chi connectivity index (χ0v) is 12.3. The number of rotatable bonds is 2. The van der Waals surface area contributed by atoms with E-state index in [9.17, 15) is 9.59 Å². The zero-order chi connectivity index (χ0) is 14.6. The molecule has 4 nitrogen and oxygen atoms in total. The first-order valence-electron chi connectivity index (χ1n) is 6.60. The van der Waals surface area contributed by atoms with Crippen LogP contribution in [0.2, 0.25) is 0 Å². The minimum Gasteiger partial charge on any atom is -0.444 e. The quantitative estimate of drug-likeness (QED) is 0.781. The van der Waals surface area contributed by atoms with Gasteiger partial charge in [0.15, 0.2) is 5.78 Å². The van der Waals surface area contributed by atoms with Gasteiger partial charge in [-0.2, -0.15) is 0 Å². The van der Waals surface area contributed by atoms with E-state index in [0.717, 1.165) is 5.57 Å². The smallest absolute Gasteiger partial charge is 0.408 e. The molecule has 0 aromatic carbocycles. The summed E-state index contributed by atoms with van der Waals surface area (Å²) in [7, 11) is 0. The molecule has 1 atom stereocenters. The van der Waals surface area contributed by atoms with E-state index < -0.39 is 11.7 Å². The van der Waals surface area contributed by atoms with Crippen molar-refractivity contribution in [3.63, 3.8) is 0 Å². The Kier molecular flexibility index (Phi) is 4.92. The molecule has 1 aliphatic rings. The van der Waals surface area contributed by atoms with Crippen LogP contribution >= 0.6 is 0 Å². The zero-order valence-electron chi connectivity index (χ0n) is 12.3. The number of nitrogens with one attached hydrogen (secondary N) is 1. The number of allylic oxidation sites excluding steroid dienone is 2. The van der Waals surface area contributed by atoms with Crippen LogP contribution in [0.3, 0.4) is 0 Å². The van der Waals surface area contributed by atoms with E-state index in [0.29, 0.717) is 12.3 Å². The lowest BCUT2D eigenvalue weighted by atomic mass is 9.93. The van der Waals surface area contributed by atoms with Crippen molar-refractivity contribution in [2.45, 2.75) is 52.7 Å². The summed E-state index contributed by atoms with van der Waals surface area (Å²) in [5.41, 5.74) is 0.230. The molecule has 0 aliphatic heterocycles. The highest BCUT2D eigenvalue weighted by Crippen LogP contribution is 2.17. The minimum absolute atomic E-state index is 0.0240. The third-order valence-electron chi connectivity index (χ3n) is 2.47. The fourth-order valence-corrected chi connectivity index (χ4v) is 1.83. The average molecular weight is 265 g/mol. The number of ether oxygens (including phenoxy) is 1. The Labute approximate surface area is 114 Å². The molecule has 1 N–H and O–H groups in total. The molecular weight excluding hydrogens is 242 g/mol. The van der Waals surface area contributed by atoms with Gasteiger partial charge in [0, 0.05) is 0 Å². The molecule has 0 heterocycles. The monoisotopic (exact) mass is 265 g/mol. The van der Waals surface area contributed by atoms with Crippen LogP contribution in [0.15, 0.2) is 23.8 Å². The van der Waals surface area contributed by atoms with Crippen molar-refractivity contribution in [1.82, 2.24) is 5.32 Å². The molecule has 0 bridgehead atoms. The van der Waals surface area contributed by atoms with Crippen LogP contribution in [0.5, 0.6) is 0 Å². The first kappa shape index (κ1) is 15.5. The second-order valence-corrected chi connectivity index (χ2v) is 6.12. The topological polar surface area (TPSA) is 55.4 Å². The second-order valence-electron chi connectivity index (χ2n) is 6.12. The van der Waals surface area contributed by atoms with Gasteiger partial charge in [0.1, 0.15) is 5.60 Å². The Morgan fingerprint density at radius 1 is 1.47 bits per heavy atom. The average Bonchev–Trinajstić information content (AvgIpc) is 2.19. The second kappa shape index (κ2) is 6.04. The van der Waals surface area contributed by atoms with Crippen molar-refractivity contribution in [2.75, 3.05) is 0 Å². The number of carbonyl (C=O) groups excluding carboxylic acids is 2. The van der Waals surface area contributed by atoms with Crippen molar-refractivity contribution in [3.8, 4) is 0 Å². The summed E-state index contributed by atoms with van der Waals surface area (Å²) in [6, 6.07) is -0.183. The van der Waals surface area contributed by atoms with E-state index in [4.69, 9.17) is 4.74 Å². The number of amides is 1. The molecule has 0 radical (unpaired) electrons. The summed E-state index contributed by atoms with van der Waals surface area (Å²) in [6.07, 6.45) is 5.23. The molecule has 4 heteroatoms. The summed E-state index contributed by atoms with van der Waals surface area (Å²) in [6.45, 7) is 9.49. The van der Waals surface area contributed by atoms with Crippen LogP contribution in [0.1, 0.15) is 41.0 Å². The van der Waals surface area contributed by atoms with Gasteiger partial charge >= 0.3 is 6.09 Å². The number of carbonyl (C=O) groups is 2. The van der Waals surface area contributed by atoms with E-state index in [1.54, 1.807) is 6.08 Å². The molecular formula is C15H23NO3. The number of hydrogen-bond donors (Lipinski definition) is 1. The number of hydrogen-bond acceptors (Lipinski definition) is 3. The van der Waals surface area contributed by atoms with Crippen molar-refractivity contribution < 1.29 is 14.3 Å². The van der Waals surface area contributed by atoms with Gasteiger partial charge in [0.2, 0.25) is 0 Å². The molecule has 0 fully saturated rings. The van der Waals surface area contributed by atoms with Crippen LogP contribution in [0.4, 0.5) is 4.79 Å². The van der Waals surface area contributed by atoms with E-state index in [1.165, 1.54) is 6.08 Å². The third-order valence-corrected chi connectivity index (χ3v) is 2.47. The lowest BCUT2D eigenvalue weighted by Gasteiger charge is -2.24. The molecule has 1 amide bonds. The maximum atomic E-state index is 11.7. The predicted octanol–water partition coefficient (Wildman–Crippen LogP) is 2.99. The summed E-state index contributed by atoms with van der Waals surface area (Å²) in [4.78, 5) is 23.4. The van der Waals surface area contributed by atoms with Crippen molar-refractivity contribution in [3.05, 3.63) is 23.8 Å². The Balaban J connectivity index is 2.64. The van der Waals surface area contributed by atoms with Gasteiger partial charge in [0.05, 0.1) is 6.04 Å². The molecule has 1 unspecified atom stereocenters. The summed E-state index contributed by atoms with van der Waals surface area (Å²) in [5, 5.41) is 2.76. The van der Waals surface area contributed by atoms with Crippen LogP contribution in [0, 0.1) is 5.92 Å². The molecule has 0 aromatic rings. The van der Waals surface area contributed by atoms with Crippen molar-refractivity contribution >= 4 is 11.9 Å². The highest BCUT2D eigenvalue weighted by Gasteiger charge is 2.22. The van der Waals surface area contributed by atoms with Crippen molar-refractivity contribution in [2.24, 2.45) is 5.92 Å². The molecule has 0 aromatic heterocycles. The molecule has 0 saturated heterocycles. The molecule has 19 heavy (non-hydrogen) atoms. The van der Waals surface area contributed by atoms with Crippen LogP contribution in [0.25, 0.3) is 0 Å². The summed E-state index contributed by atoms with van der Waals surface area (Å²) < 4.78 is 5.20. The highest BCUT2D eigenvalue weighted by molar-refractivity contribution is 6.05. The lowest BCUT2D eigenvalue weighted by Crippen LogP contribution is -2.39. The van der Waals surface area contributed by atoms with Gasteiger partial charge in [0.25, 0.3) is 0 Å². The lowest BCUT2D eigenvalue weighted by molar-refractivity contribution is -0.111. The van der Waals surface area contributed by atoms with Gasteiger partial charge in [-0.1, -0.05) is 26.0 Å².